The fourth-order valence-corrected chi connectivity index (χ4v) is 3.36. The Labute approximate surface area is 114 Å². The van der Waals surface area contributed by atoms with Crippen LogP contribution >= 0.6 is 0 Å². The molecule has 2 fully saturated rings. The molecule has 0 spiro atoms. The van der Waals surface area contributed by atoms with Crippen LogP contribution in [0.5, 0.6) is 0 Å². The number of benzene rings is 1. The first-order chi connectivity index (χ1) is 9.38. The maximum atomic E-state index is 9.19. The summed E-state index contributed by atoms with van der Waals surface area (Å²) < 4.78 is 5.90. The average Bonchev–Trinajstić information content (AvgIpc) is 2.48. The van der Waals surface area contributed by atoms with E-state index in [1.54, 1.807) is 0 Å². The molecule has 0 unspecified atom stereocenters. The maximum Gasteiger partial charge on any atom is 0.0995 e. The number of nitrogens with zero attached hydrogens (tertiary/aromatic N) is 2. The maximum absolute atomic E-state index is 9.19. The molecule has 1 saturated carbocycles. The average molecular weight is 256 g/mol. The van der Waals surface area contributed by atoms with E-state index < -0.39 is 0 Å². The molecule has 1 saturated heterocycles. The van der Waals surface area contributed by atoms with Gasteiger partial charge < -0.3 is 4.74 Å². The lowest BCUT2D eigenvalue weighted by Gasteiger charge is -2.44. The van der Waals surface area contributed by atoms with Gasteiger partial charge in [-0.2, -0.15) is 5.26 Å². The van der Waals surface area contributed by atoms with E-state index in [9.17, 15) is 5.26 Å². The molecule has 0 radical (unpaired) electrons. The first-order valence-electron chi connectivity index (χ1n) is 7.22. The Morgan fingerprint density at radius 3 is 3.00 bits per heavy atom. The van der Waals surface area contributed by atoms with Gasteiger partial charge in [0, 0.05) is 19.1 Å². The van der Waals surface area contributed by atoms with Gasteiger partial charge >= 0.3 is 0 Å². The molecular formula is C16H20N2O. The number of morpholine rings is 1. The van der Waals surface area contributed by atoms with Gasteiger partial charge in [0.15, 0.2) is 0 Å². The number of rotatable bonds is 2. The predicted molar refractivity (Wildman–Crippen MR) is 73.6 cm³/mol. The zero-order chi connectivity index (χ0) is 13.1. The summed E-state index contributed by atoms with van der Waals surface area (Å²) in [5, 5.41) is 9.19. The summed E-state index contributed by atoms with van der Waals surface area (Å²) in [5.41, 5.74) is 1.96. The van der Waals surface area contributed by atoms with Crippen molar-refractivity contribution in [1.82, 2.24) is 4.90 Å². The quantitative estimate of drug-likeness (QED) is 0.816. The Hall–Kier alpha value is -1.37. The summed E-state index contributed by atoms with van der Waals surface area (Å²) >= 11 is 0. The minimum atomic E-state index is 0.414. The molecule has 0 aromatic heterocycles. The van der Waals surface area contributed by atoms with Crippen molar-refractivity contribution < 1.29 is 4.74 Å². The molecule has 1 aromatic rings. The van der Waals surface area contributed by atoms with E-state index in [0.717, 1.165) is 30.8 Å². The van der Waals surface area contributed by atoms with Gasteiger partial charge in [0.05, 0.1) is 24.3 Å². The molecule has 3 heteroatoms. The van der Waals surface area contributed by atoms with Crippen molar-refractivity contribution in [2.45, 2.75) is 44.4 Å². The minimum Gasteiger partial charge on any atom is -0.375 e. The van der Waals surface area contributed by atoms with Crippen molar-refractivity contribution in [3.63, 3.8) is 0 Å². The highest BCUT2D eigenvalue weighted by Crippen LogP contribution is 2.29. The highest BCUT2D eigenvalue weighted by molar-refractivity contribution is 5.37. The van der Waals surface area contributed by atoms with Gasteiger partial charge in [-0.15, -0.1) is 0 Å². The van der Waals surface area contributed by atoms with Gasteiger partial charge in [0.25, 0.3) is 0 Å². The smallest absolute Gasteiger partial charge is 0.0995 e. The molecule has 19 heavy (non-hydrogen) atoms. The second kappa shape index (κ2) is 5.73. The summed E-state index contributed by atoms with van der Waals surface area (Å²) in [6.07, 6.45) is 5.45. The Morgan fingerprint density at radius 1 is 1.26 bits per heavy atom. The number of ether oxygens (including phenoxy) is 1. The Kier molecular flexibility index (Phi) is 3.82. The summed E-state index contributed by atoms with van der Waals surface area (Å²) in [7, 11) is 0. The van der Waals surface area contributed by atoms with Crippen LogP contribution in [-0.4, -0.2) is 30.2 Å². The van der Waals surface area contributed by atoms with Crippen LogP contribution in [0, 0.1) is 11.3 Å². The molecule has 0 bridgehead atoms. The third-order valence-corrected chi connectivity index (χ3v) is 4.36. The molecule has 1 aliphatic carbocycles. The zero-order valence-electron chi connectivity index (χ0n) is 11.2. The monoisotopic (exact) mass is 256 g/mol. The van der Waals surface area contributed by atoms with Crippen LogP contribution < -0.4 is 0 Å². The van der Waals surface area contributed by atoms with Crippen LogP contribution in [0.2, 0.25) is 0 Å². The lowest BCUT2D eigenvalue weighted by Crippen LogP contribution is -2.52. The standard InChI is InChI=1S/C16H20N2O/c17-11-13-5-1-2-6-14(13)12-18-9-10-19-16-8-4-3-7-15(16)18/h1-2,5-6,15-16H,3-4,7-10,12H2/t15-,16-/m0/s1. The van der Waals surface area contributed by atoms with Gasteiger partial charge in [-0.05, 0) is 24.5 Å². The Morgan fingerprint density at radius 2 is 2.11 bits per heavy atom. The Bertz CT molecular complexity index is 478. The first kappa shape index (κ1) is 12.7. The molecule has 3 nitrogen and oxygen atoms in total. The zero-order valence-corrected chi connectivity index (χ0v) is 11.2. The summed E-state index contributed by atoms with van der Waals surface area (Å²) in [6, 6.07) is 10.8. The summed E-state index contributed by atoms with van der Waals surface area (Å²) in [4.78, 5) is 2.52. The first-order valence-corrected chi connectivity index (χ1v) is 7.22. The van der Waals surface area contributed by atoms with Gasteiger partial charge in [-0.1, -0.05) is 31.0 Å². The van der Waals surface area contributed by atoms with Crippen LogP contribution in [0.1, 0.15) is 36.8 Å². The van der Waals surface area contributed by atoms with Crippen molar-refractivity contribution in [2.75, 3.05) is 13.2 Å². The molecular weight excluding hydrogens is 236 g/mol. The van der Waals surface area contributed by atoms with E-state index >= 15 is 0 Å². The number of hydrogen-bond acceptors (Lipinski definition) is 3. The van der Waals surface area contributed by atoms with E-state index in [4.69, 9.17) is 4.74 Å². The predicted octanol–water partition coefficient (Wildman–Crippen LogP) is 2.70. The molecule has 3 rings (SSSR count). The largest absolute Gasteiger partial charge is 0.375 e. The molecule has 2 atom stereocenters. The van der Waals surface area contributed by atoms with E-state index in [0.29, 0.717) is 12.1 Å². The normalized spacial score (nSPS) is 27.5. The van der Waals surface area contributed by atoms with Crippen LogP contribution in [-0.2, 0) is 11.3 Å². The van der Waals surface area contributed by atoms with Crippen molar-refractivity contribution in [2.24, 2.45) is 0 Å². The molecule has 1 aliphatic heterocycles. The second-order valence-electron chi connectivity index (χ2n) is 5.50. The summed E-state index contributed by atoms with van der Waals surface area (Å²) in [5.74, 6) is 0. The molecule has 1 aromatic carbocycles. The molecule has 0 amide bonds. The molecule has 1 heterocycles. The van der Waals surface area contributed by atoms with Crippen LogP contribution in [0.3, 0.4) is 0 Å². The molecule has 0 N–H and O–H groups in total. The number of nitriles is 1. The lowest BCUT2D eigenvalue weighted by molar-refractivity contribution is -0.0911. The van der Waals surface area contributed by atoms with Crippen LogP contribution in [0.25, 0.3) is 0 Å². The van der Waals surface area contributed by atoms with Crippen molar-refractivity contribution in [3.8, 4) is 6.07 Å². The van der Waals surface area contributed by atoms with Crippen molar-refractivity contribution in [3.05, 3.63) is 35.4 Å². The molecule has 2 aliphatic rings. The van der Waals surface area contributed by atoms with Gasteiger partial charge in [-0.3, -0.25) is 4.90 Å². The third kappa shape index (κ3) is 2.65. The van der Waals surface area contributed by atoms with Crippen molar-refractivity contribution in [1.29, 1.82) is 5.26 Å². The van der Waals surface area contributed by atoms with E-state index in [2.05, 4.69) is 17.0 Å². The van der Waals surface area contributed by atoms with Crippen LogP contribution in [0.15, 0.2) is 24.3 Å². The SMILES string of the molecule is N#Cc1ccccc1CN1CCO[C@H]2CCCC[C@@H]21. The molecule has 100 valence electrons. The topological polar surface area (TPSA) is 36.3 Å². The minimum absolute atomic E-state index is 0.414. The fourth-order valence-electron chi connectivity index (χ4n) is 3.36. The Balaban J connectivity index is 1.76. The second-order valence-corrected chi connectivity index (χ2v) is 5.50. The third-order valence-electron chi connectivity index (χ3n) is 4.36. The van der Waals surface area contributed by atoms with E-state index in [-0.39, 0.29) is 0 Å². The van der Waals surface area contributed by atoms with Crippen LogP contribution in [0.4, 0.5) is 0 Å². The van der Waals surface area contributed by atoms with E-state index in [1.165, 1.54) is 25.7 Å². The fraction of sp³-hybridized carbons (Fsp3) is 0.562. The number of fused-ring (bicyclic) bond motifs is 1. The van der Waals surface area contributed by atoms with Gasteiger partial charge in [-0.25, -0.2) is 0 Å². The van der Waals surface area contributed by atoms with Gasteiger partial charge in [0.1, 0.15) is 0 Å². The highest BCUT2D eigenvalue weighted by Gasteiger charge is 2.34. The van der Waals surface area contributed by atoms with E-state index in [1.807, 2.05) is 18.2 Å². The number of hydrogen-bond donors (Lipinski definition) is 0. The van der Waals surface area contributed by atoms with Crippen molar-refractivity contribution >= 4 is 0 Å². The highest BCUT2D eigenvalue weighted by atomic mass is 16.5. The van der Waals surface area contributed by atoms with Gasteiger partial charge in [0.2, 0.25) is 0 Å². The lowest BCUT2D eigenvalue weighted by atomic mass is 9.89. The summed E-state index contributed by atoms with van der Waals surface area (Å²) in [6.45, 7) is 2.70.